The number of fused-ring (bicyclic) bond motifs is 4. The predicted molar refractivity (Wildman–Crippen MR) is 289 cm³/mol. The van der Waals surface area contributed by atoms with Crippen LogP contribution in [0.5, 0.6) is 0 Å². The van der Waals surface area contributed by atoms with Gasteiger partial charge in [0, 0.05) is 0 Å². The van der Waals surface area contributed by atoms with Crippen LogP contribution in [0, 0.1) is 0 Å². The summed E-state index contributed by atoms with van der Waals surface area (Å²) in [6, 6.07) is 71.2. The molecule has 2 amide bonds. The van der Waals surface area contributed by atoms with Crippen molar-refractivity contribution in [3.8, 4) is 44.5 Å². The molecule has 0 atom stereocenters. The second-order valence-electron chi connectivity index (χ2n) is 16.5. The van der Waals surface area contributed by atoms with E-state index in [-0.39, 0.29) is 0 Å². The van der Waals surface area contributed by atoms with Crippen LogP contribution < -0.4 is 10.5 Å². The minimum atomic E-state index is -0.826. The van der Waals surface area contributed by atoms with E-state index in [4.69, 9.17) is 17.0 Å². The topological polar surface area (TPSA) is 58.2 Å². The third-order valence-corrected chi connectivity index (χ3v) is 12.2. The normalized spacial score (nSPS) is 10.5. The molecule has 337 valence electrons. The van der Waals surface area contributed by atoms with Gasteiger partial charge in [0.15, 0.2) is 12.8 Å². The Bertz CT molecular complexity index is 2990. The van der Waals surface area contributed by atoms with E-state index >= 15 is 0 Å². The number of carbonyl (C=O) groups excluding carboxylic acids is 2. The Morgan fingerprint density at radius 1 is 0.441 bits per heavy atom. The molecule has 10 aromatic carbocycles. The van der Waals surface area contributed by atoms with Gasteiger partial charge in [0.25, 0.3) is 0 Å². The zero-order chi connectivity index (χ0) is 47.5. The van der Waals surface area contributed by atoms with Crippen LogP contribution in [-0.4, -0.2) is 20.4 Å². The number of hydrogen-bond donors (Lipinski definition) is 2. The molecule has 0 heterocycles. The SMILES string of the molecule is CCCCc1cc2c(-c3ccccc3-c3cccc4ccccc34)cccc2[cH-]1.CCCCc1cc2c(-c3ccccc3-c3cccc4ccccc34)cccc2[cH-]1.O=CN[B]NC=O.[Cl][Zr+2][Cl]. The first-order chi connectivity index (χ1) is 33.5. The molecule has 1 radical (unpaired) electrons. The van der Waals surface area contributed by atoms with Crippen molar-refractivity contribution in [2.75, 3.05) is 0 Å². The predicted octanol–water partition coefficient (Wildman–Crippen LogP) is 16.2. The summed E-state index contributed by atoms with van der Waals surface area (Å²) in [6.45, 7) is 4.52. The van der Waals surface area contributed by atoms with Crippen molar-refractivity contribution in [2.45, 2.75) is 52.4 Å². The van der Waals surface area contributed by atoms with E-state index in [2.05, 4.69) is 218 Å². The van der Waals surface area contributed by atoms with Gasteiger partial charge in [-0.3, -0.25) is 9.59 Å². The van der Waals surface area contributed by atoms with E-state index < -0.39 is 20.8 Å². The number of amides is 2. The summed E-state index contributed by atoms with van der Waals surface area (Å²) >= 11 is -0.826. The first-order valence-electron chi connectivity index (χ1n) is 23.2. The zero-order valence-corrected chi connectivity index (χ0v) is 42.5. The Morgan fingerprint density at radius 2 is 0.750 bits per heavy atom. The fourth-order valence-electron chi connectivity index (χ4n) is 9.06. The van der Waals surface area contributed by atoms with Gasteiger partial charge in [0.2, 0.25) is 0 Å². The van der Waals surface area contributed by atoms with Gasteiger partial charge in [-0.25, -0.2) is 0 Å². The number of rotatable bonds is 14. The maximum absolute atomic E-state index is 9.38. The second-order valence-corrected chi connectivity index (χ2v) is 20.2. The molecule has 0 bridgehead atoms. The number of halogens is 2. The van der Waals surface area contributed by atoms with Gasteiger partial charge >= 0.3 is 45.4 Å². The Labute approximate surface area is 420 Å². The van der Waals surface area contributed by atoms with E-state index in [0.717, 1.165) is 20.4 Å². The fraction of sp³-hybridized carbons (Fsp3) is 0.133. The molecule has 10 aromatic rings. The molecule has 0 aliphatic carbocycles. The van der Waals surface area contributed by atoms with Crippen molar-refractivity contribution in [1.29, 1.82) is 0 Å². The van der Waals surface area contributed by atoms with Crippen molar-refractivity contribution in [2.24, 2.45) is 0 Å². The molecule has 2 N–H and O–H groups in total. The zero-order valence-electron chi connectivity index (χ0n) is 38.5. The molecule has 0 spiro atoms. The third-order valence-electron chi connectivity index (χ3n) is 12.2. The Balaban J connectivity index is 0.000000168. The summed E-state index contributed by atoms with van der Waals surface area (Å²) in [5.74, 6) is 0. The molecule has 0 aliphatic heterocycles. The van der Waals surface area contributed by atoms with E-state index in [9.17, 15) is 9.59 Å². The number of carbonyl (C=O) groups is 2. The molecule has 0 aromatic heterocycles. The molecule has 10 rings (SSSR count). The number of unbranched alkanes of at least 4 members (excludes halogenated alkanes) is 2. The van der Waals surface area contributed by atoms with Crippen molar-refractivity contribution in [1.82, 2.24) is 10.5 Å². The van der Waals surface area contributed by atoms with E-state index in [1.807, 2.05) is 0 Å². The quantitative estimate of drug-likeness (QED) is 0.0494. The monoisotopic (exact) mass is 1010 g/mol. The summed E-state index contributed by atoms with van der Waals surface area (Å²) in [6.07, 6.45) is 8.20. The number of hydrogen-bond acceptors (Lipinski definition) is 2. The van der Waals surface area contributed by atoms with Gasteiger partial charge in [-0.1, -0.05) is 196 Å². The Kier molecular flexibility index (Phi) is 19.0. The molecule has 8 heteroatoms. The third kappa shape index (κ3) is 12.3. The first kappa shape index (κ1) is 49.9. The standard InChI is InChI=1S/2C29H25.C2H4BN2O2.2ClH.Zr/c2*1-2-3-10-21-19-23-13-9-18-28(29(23)20-21)27-16-7-6-15-26(27)25-17-8-12-22-11-4-5-14-24(22)25;6-1-4-3-5-2-7;;;/h2*4-9,11-20H,2-3,10H2,1H3;1-2H,(H,4,6)(H,5,7);2*1H;/q2*-1;;;;+4/p-2. The van der Waals surface area contributed by atoms with Gasteiger partial charge < -0.3 is 10.5 Å². The Hall–Kier alpha value is -6.03. The van der Waals surface area contributed by atoms with Gasteiger partial charge in [0.05, 0.1) is 0 Å². The van der Waals surface area contributed by atoms with Crippen molar-refractivity contribution >= 4 is 80.5 Å². The molecule has 68 heavy (non-hydrogen) atoms. The summed E-state index contributed by atoms with van der Waals surface area (Å²) in [7, 11) is 11.0. The van der Waals surface area contributed by atoms with E-state index in [1.54, 1.807) is 0 Å². The molecule has 0 fully saturated rings. The molecular formula is C60H54BCl2N2O2Zr. The van der Waals surface area contributed by atoms with E-state index in [1.165, 1.54) is 124 Å². The van der Waals surface area contributed by atoms with Gasteiger partial charge in [-0.2, -0.15) is 12.1 Å². The molecule has 0 saturated heterocycles. The summed E-state index contributed by atoms with van der Waals surface area (Å²) in [5, 5.41) is 14.8. The van der Waals surface area contributed by atoms with Crippen molar-refractivity contribution in [3.63, 3.8) is 0 Å². The number of benzene rings is 8. The molecule has 4 nitrogen and oxygen atoms in total. The fourth-order valence-corrected chi connectivity index (χ4v) is 9.06. The van der Waals surface area contributed by atoms with Crippen LogP contribution in [0.3, 0.4) is 0 Å². The molecule has 0 saturated carbocycles. The molecular weight excluding hydrogens is 954 g/mol. The van der Waals surface area contributed by atoms with Crippen LogP contribution in [0.2, 0.25) is 0 Å². The molecule has 0 aliphatic rings. The molecule has 0 unspecified atom stereocenters. The number of nitrogens with one attached hydrogen (secondary N) is 2. The van der Waals surface area contributed by atoms with E-state index in [0.29, 0.717) is 12.8 Å². The van der Waals surface area contributed by atoms with Crippen LogP contribution in [0.25, 0.3) is 87.6 Å². The van der Waals surface area contributed by atoms with Crippen LogP contribution >= 0.6 is 17.0 Å². The first-order valence-corrected chi connectivity index (χ1v) is 29.6. The summed E-state index contributed by atoms with van der Waals surface area (Å²) in [5.41, 5.74) is 13.4. The van der Waals surface area contributed by atoms with Crippen LogP contribution in [-0.2, 0) is 43.3 Å². The second kappa shape index (κ2) is 25.9. The van der Waals surface area contributed by atoms with Crippen LogP contribution in [0.1, 0.15) is 50.7 Å². The number of aryl methyl sites for hydroxylation is 2. The van der Waals surface area contributed by atoms with Crippen molar-refractivity contribution in [3.05, 3.63) is 205 Å². The van der Waals surface area contributed by atoms with Crippen LogP contribution in [0.4, 0.5) is 0 Å². The Morgan fingerprint density at radius 3 is 1.12 bits per heavy atom. The van der Waals surface area contributed by atoms with Gasteiger partial charge in [0.1, 0.15) is 0 Å². The van der Waals surface area contributed by atoms with Gasteiger partial charge in [-0.15, -0.1) is 69.1 Å². The van der Waals surface area contributed by atoms with Crippen LogP contribution in [0.15, 0.2) is 194 Å². The summed E-state index contributed by atoms with van der Waals surface area (Å²) in [4.78, 5) is 18.8. The summed E-state index contributed by atoms with van der Waals surface area (Å²) < 4.78 is 0. The van der Waals surface area contributed by atoms with Gasteiger partial charge in [-0.05, 0) is 67.8 Å². The average molecular weight is 1010 g/mol. The maximum atomic E-state index is 9.38. The average Bonchev–Trinajstić information content (AvgIpc) is 4.02. The minimum absolute atomic E-state index is 0.455. The van der Waals surface area contributed by atoms with Crippen molar-refractivity contribution < 1.29 is 30.4 Å².